The van der Waals surface area contributed by atoms with Gasteiger partial charge in [-0.3, -0.25) is 0 Å². The molecule has 1 aromatic carbocycles. The molecule has 0 bridgehead atoms. The van der Waals surface area contributed by atoms with Gasteiger partial charge in [-0.05, 0) is 37.0 Å². The summed E-state index contributed by atoms with van der Waals surface area (Å²) >= 11 is 3.49. The zero-order chi connectivity index (χ0) is 15.6. The molecule has 0 spiro atoms. The molecule has 3 unspecified atom stereocenters. The van der Waals surface area contributed by atoms with Crippen LogP contribution in [0, 0.1) is 11.3 Å². The van der Waals surface area contributed by atoms with Crippen molar-refractivity contribution < 1.29 is 4.74 Å². The summed E-state index contributed by atoms with van der Waals surface area (Å²) in [7, 11) is 0. The van der Waals surface area contributed by atoms with Crippen LogP contribution in [0.25, 0.3) is 0 Å². The summed E-state index contributed by atoms with van der Waals surface area (Å²) in [6.45, 7) is 12.1. The highest BCUT2D eigenvalue weighted by molar-refractivity contribution is 9.10. The number of hydrogen-bond donors (Lipinski definition) is 1. The fourth-order valence-corrected chi connectivity index (χ4v) is 3.17. The van der Waals surface area contributed by atoms with E-state index < -0.39 is 0 Å². The van der Waals surface area contributed by atoms with Gasteiger partial charge in [-0.25, -0.2) is 0 Å². The van der Waals surface area contributed by atoms with Crippen LogP contribution in [0.5, 0.6) is 0 Å². The molecule has 1 N–H and O–H groups in total. The monoisotopic (exact) mass is 353 g/mol. The Balaban J connectivity index is 1.88. The number of halogens is 1. The molecular formula is C18H28BrNO. The van der Waals surface area contributed by atoms with Crippen molar-refractivity contribution in [1.29, 1.82) is 0 Å². The Morgan fingerprint density at radius 3 is 2.38 bits per heavy atom. The van der Waals surface area contributed by atoms with Crippen LogP contribution < -0.4 is 5.32 Å². The van der Waals surface area contributed by atoms with E-state index in [0.717, 1.165) is 17.5 Å². The molecule has 1 aromatic rings. The quantitative estimate of drug-likeness (QED) is 0.781. The largest absolute Gasteiger partial charge is 0.377 e. The summed E-state index contributed by atoms with van der Waals surface area (Å²) in [6.07, 6.45) is 1.50. The van der Waals surface area contributed by atoms with Crippen molar-refractivity contribution in [1.82, 2.24) is 5.32 Å². The Morgan fingerprint density at radius 1 is 1.24 bits per heavy atom. The van der Waals surface area contributed by atoms with E-state index in [9.17, 15) is 0 Å². The summed E-state index contributed by atoms with van der Waals surface area (Å²) in [5.74, 6) is 0.606. The molecule has 1 aliphatic rings. The van der Waals surface area contributed by atoms with E-state index in [0.29, 0.717) is 24.1 Å². The molecule has 2 rings (SSSR count). The van der Waals surface area contributed by atoms with Crippen molar-refractivity contribution in [2.24, 2.45) is 11.3 Å². The zero-order valence-corrected chi connectivity index (χ0v) is 15.4. The number of nitrogens with one attached hydrogen (secondary N) is 1. The molecule has 0 amide bonds. The molecule has 21 heavy (non-hydrogen) atoms. The van der Waals surface area contributed by atoms with Crippen molar-refractivity contribution in [3.63, 3.8) is 0 Å². The minimum absolute atomic E-state index is 0.207. The van der Waals surface area contributed by atoms with Gasteiger partial charge in [0.1, 0.15) is 0 Å². The molecule has 1 saturated carbocycles. The summed E-state index contributed by atoms with van der Waals surface area (Å²) < 4.78 is 7.17. The first-order valence-electron chi connectivity index (χ1n) is 7.93. The molecular weight excluding hydrogens is 326 g/mol. The number of ether oxygens (including phenoxy) is 1. The van der Waals surface area contributed by atoms with Crippen LogP contribution in [-0.4, -0.2) is 18.8 Å². The van der Waals surface area contributed by atoms with E-state index in [1.54, 1.807) is 0 Å². The Hall–Kier alpha value is -0.380. The van der Waals surface area contributed by atoms with Crippen molar-refractivity contribution in [2.75, 3.05) is 6.61 Å². The molecule has 2 nitrogen and oxygen atoms in total. The summed E-state index contributed by atoms with van der Waals surface area (Å²) in [5, 5.41) is 3.76. The fourth-order valence-electron chi connectivity index (χ4n) is 2.91. The highest BCUT2D eigenvalue weighted by atomic mass is 79.9. The lowest BCUT2D eigenvalue weighted by Gasteiger charge is -2.53. The third-order valence-corrected chi connectivity index (χ3v) is 5.16. The maximum atomic E-state index is 6.04. The Bertz CT molecular complexity index is 455. The van der Waals surface area contributed by atoms with Crippen molar-refractivity contribution in [3.05, 3.63) is 34.3 Å². The maximum Gasteiger partial charge on any atom is 0.0656 e. The van der Waals surface area contributed by atoms with E-state index in [2.05, 4.69) is 80.1 Å². The van der Waals surface area contributed by atoms with Crippen LogP contribution in [0.3, 0.4) is 0 Å². The smallest absolute Gasteiger partial charge is 0.0656 e. The molecule has 0 heterocycles. The van der Waals surface area contributed by atoms with Gasteiger partial charge in [0.25, 0.3) is 0 Å². The minimum atomic E-state index is 0.207. The molecule has 3 heteroatoms. The Morgan fingerprint density at radius 2 is 1.86 bits per heavy atom. The topological polar surface area (TPSA) is 21.3 Å². The molecule has 3 atom stereocenters. The van der Waals surface area contributed by atoms with Gasteiger partial charge in [0, 0.05) is 28.6 Å². The third kappa shape index (κ3) is 4.08. The van der Waals surface area contributed by atoms with Gasteiger partial charge in [0.15, 0.2) is 0 Å². The predicted octanol–water partition coefficient (Wildman–Crippen LogP) is 4.94. The number of hydrogen-bond acceptors (Lipinski definition) is 2. The molecule has 1 aliphatic carbocycles. The molecule has 0 radical (unpaired) electrons. The van der Waals surface area contributed by atoms with Gasteiger partial charge < -0.3 is 10.1 Å². The van der Waals surface area contributed by atoms with Crippen LogP contribution in [0.15, 0.2) is 28.7 Å². The molecule has 1 fully saturated rings. The summed E-state index contributed by atoms with van der Waals surface area (Å²) in [5.41, 5.74) is 1.54. The summed E-state index contributed by atoms with van der Waals surface area (Å²) in [4.78, 5) is 0. The molecule has 0 saturated heterocycles. The van der Waals surface area contributed by atoms with Crippen molar-refractivity contribution in [3.8, 4) is 0 Å². The van der Waals surface area contributed by atoms with Gasteiger partial charge in [0.2, 0.25) is 0 Å². The second-order valence-electron chi connectivity index (χ2n) is 7.27. The van der Waals surface area contributed by atoms with E-state index in [4.69, 9.17) is 4.74 Å². The first kappa shape index (κ1) is 17.0. The van der Waals surface area contributed by atoms with E-state index in [1.807, 2.05) is 0 Å². The third-order valence-electron chi connectivity index (χ3n) is 4.63. The average Bonchev–Trinajstić information content (AvgIpc) is 2.42. The standard InChI is InChI=1S/C18H28BrNO/c1-12(2)11-21-17-10-16(18(17,4)5)20-13(3)14-6-8-15(19)9-7-14/h6-9,12-13,16-17,20H,10-11H2,1-5H3. The maximum absolute atomic E-state index is 6.04. The average molecular weight is 354 g/mol. The van der Waals surface area contributed by atoms with Crippen LogP contribution in [0.1, 0.15) is 52.6 Å². The lowest BCUT2D eigenvalue weighted by atomic mass is 9.64. The van der Waals surface area contributed by atoms with Gasteiger partial charge in [0.05, 0.1) is 6.10 Å². The fraction of sp³-hybridized carbons (Fsp3) is 0.667. The van der Waals surface area contributed by atoms with Gasteiger partial charge >= 0.3 is 0 Å². The van der Waals surface area contributed by atoms with Crippen LogP contribution in [0.2, 0.25) is 0 Å². The van der Waals surface area contributed by atoms with Gasteiger partial charge in [-0.15, -0.1) is 0 Å². The van der Waals surface area contributed by atoms with E-state index in [1.165, 1.54) is 5.56 Å². The molecule has 118 valence electrons. The second-order valence-corrected chi connectivity index (χ2v) is 8.18. The highest BCUT2D eigenvalue weighted by Gasteiger charge is 2.49. The van der Waals surface area contributed by atoms with Gasteiger partial charge in [-0.1, -0.05) is 55.8 Å². The zero-order valence-electron chi connectivity index (χ0n) is 13.8. The first-order chi connectivity index (χ1) is 9.80. The first-order valence-corrected chi connectivity index (χ1v) is 8.73. The SMILES string of the molecule is CC(C)COC1CC(NC(C)c2ccc(Br)cc2)C1(C)C. The predicted molar refractivity (Wildman–Crippen MR) is 92.5 cm³/mol. The lowest BCUT2D eigenvalue weighted by Crippen LogP contribution is -2.61. The van der Waals surface area contributed by atoms with Crippen LogP contribution in [-0.2, 0) is 4.74 Å². The van der Waals surface area contributed by atoms with Crippen molar-refractivity contribution >= 4 is 15.9 Å². The Kier molecular flexibility index (Phi) is 5.50. The summed E-state index contributed by atoms with van der Waals surface area (Å²) in [6, 6.07) is 9.46. The molecule has 0 aromatic heterocycles. The second kappa shape index (κ2) is 6.80. The lowest BCUT2D eigenvalue weighted by molar-refractivity contribution is -0.125. The van der Waals surface area contributed by atoms with Crippen LogP contribution in [0.4, 0.5) is 0 Å². The van der Waals surface area contributed by atoms with Crippen molar-refractivity contribution in [2.45, 2.75) is 59.2 Å². The number of benzene rings is 1. The highest BCUT2D eigenvalue weighted by Crippen LogP contribution is 2.43. The van der Waals surface area contributed by atoms with Gasteiger partial charge in [-0.2, -0.15) is 0 Å². The number of rotatable bonds is 6. The van der Waals surface area contributed by atoms with E-state index in [-0.39, 0.29) is 5.41 Å². The normalized spacial score (nSPS) is 25.7. The minimum Gasteiger partial charge on any atom is -0.377 e. The Labute approximate surface area is 137 Å². The van der Waals surface area contributed by atoms with E-state index >= 15 is 0 Å². The molecule has 0 aliphatic heterocycles. The van der Waals surface area contributed by atoms with Crippen LogP contribution >= 0.6 is 15.9 Å².